The number of nitro groups is 1. The van der Waals surface area contributed by atoms with Gasteiger partial charge in [0.25, 0.3) is 0 Å². The molecule has 0 amide bonds. The van der Waals surface area contributed by atoms with Crippen molar-refractivity contribution in [2.75, 3.05) is 6.61 Å². The number of rotatable bonds is 8. The van der Waals surface area contributed by atoms with E-state index in [4.69, 9.17) is 4.74 Å². The van der Waals surface area contributed by atoms with Gasteiger partial charge in [0.1, 0.15) is 5.75 Å². The SMILES string of the molecule is CCOC(=O)C(CC)(Cc1c[nH]c2ccc(OC(F)F)cc12)[N+](=O)[O-]. The summed E-state index contributed by atoms with van der Waals surface area (Å²) >= 11 is 0. The minimum absolute atomic E-state index is 0.0225. The molecule has 1 heterocycles. The molecule has 1 unspecified atom stereocenters. The average molecular weight is 356 g/mol. The van der Waals surface area contributed by atoms with Gasteiger partial charge in [-0.25, -0.2) is 4.79 Å². The van der Waals surface area contributed by atoms with Crippen molar-refractivity contribution in [2.45, 2.75) is 38.8 Å². The van der Waals surface area contributed by atoms with Crippen molar-refractivity contribution >= 4 is 16.9 Å². The van der Waals surface area contributed by atoms with Gasteiger partial charge in [-0.3, -0.25) is 10.1 Å². The van der Waals surface area contributed by atoms with E-state index in [-0.39, 0.29) is 25.2 Å². The van der Waals surface area contributed by atoms with Gasteiger partial charge in [-0.1, -0.05) is 6.92 Å². The van der Waals surface area contributed by atoms with Crippen LogP contribution < -0.4 is 4.74 Å². The number of ether oxygens (including phenoxy) is 2. The molecule has 1 aromatic carbocycles. The van der Waals surface area contributed by atoms with Gasteiger partial charge in [-0.05, 0) is 30.7 Å². The van der Waals surface area contributed by atoms with Crippen LogP contribution >= 0.6 is 0 Å². The number of nitrogens with zero attached hydrogens (tertiary/aromatic N) is 1. The Bertz CT molecular complexity index is 777. The van der Waals surface area contributed by atoms with Crippen LogP contribution in [0.2, 0.25) is 0 Å². The lowest BCUT2D eigenvalue weighted by Crippen LogP contribution is -2.49. The highest BCUT2D eigenvalue weighted by Crippen LogP contribution is 2.30. The molecule has 1 N–H and O–H groups in total. The maximum Gasteiger partial charge on any atom is 0.387 e. The van der Waals surface area contributed by atoms with E-state index in [1.807, 2.05) is 0 Å². The van der Waals surface area contributed by atoms with E-state index in [0.29, 0.717) is 16.5 Å². The maximum atomic E-state index is 12.4. The Balaban J connectivity index is 2.45. The fraction of sp³-hybridized carbons (Fsp3) is 0.438. The summed E-state index contributed by atoms with van der Waals surface area (Å²) in [4.78, 5) is 26.1. The average Bonchev–Trinajstić information content (AvgIpc) is 2.94. The fourth-order valence-corrected chi connectivity index (χ4v) is 2.67. The van der Waals surface area contributed by atoms with E-state index < -0.39 is 23.0 Å². The second-order valence-corrected chi connectivity index (χ2v) is 5.44. The van der Waals surface area contributed by atoms with E-state index in [1.165, 1.54) is 31.3 Å². The van der Waals surface area contributed by atoms with Crippen LogP contribution in [0.1, 0.15) is 25.8 Å². The normalized spacial score (nSPS) is 13.6. The first-order valence-corrected chi connectivity index (χ1v) is 7.70. The summed E-state index contributed by atoms with van der Waals surface area (Å²) < 4.78 is 34.0. The molecule has 0 aliphatic carbocycles. The van der Waals surface area contributed by atoms with Crippen LogP contribution in [0.15, 0.2) is 24.4 Å². The first kappa shape index (κ1) is 18.6. The Morgan fingerprint density at radius 1 is 1.40 bits per heavy atom. The second kappa shape index (κ2) is 7.45. The van der Waals surface area contributed by atoms with E-state index in [0.717, 1.165) is 0 Å². The number of alkyl halides is 2. The second-order valence-electron chi connectivity index (χ2n) is 5.44. The Kier molecular flexibility index (Phi) is 5.55. The lowest BCUT2D eigenvalue weighted by atomic mass is 9.88. The number of hydrogen-bond donors (Lipinski definition) is 1. The van der Waals surface area contributed by atoms with Crippen LogP contribution in [0.5, 0.6) is 5.75 Å². The van der Waals surface area contributed by atoms with Crippen LogP contribution in [0, 0.1) is 10.1 Å². The van der Waals surface area contributed by atoms with Crippen molar-refractivity contribution in [3.63, 3.8) is 0 Å². The highest BCUT2D eigenvalue weighted by atomic mass is 19.3. The molecule has 2 aromatic rings. The molecule has 0 aliphatic heterocycles. The molecule has 9 heteroatoms. The standard InChI is InChI=1S/C16H18F2N2O5/c1-3-16(20(22)23,14(21)24-4-2)8-10-9-19-13-6-5-11(7-12(10)13)25-15(17)18/h5-7,9,15,19H,3-4,8H2,1-2H3. The number of aromatic nitrogens is 1. The molecule has 0 bridgehead atoms. The third-order valence-corrected chi connectivity index (χ3v) is 4.04. The Labute approximate surface area is 142 Å². The van der Waals surface area contributed by atoms with Crippen LogP contribution in [0.3, 0.4) is 0 Å². The molecule has 2 rings (SSSR count). The number of carbonyl (C=O) groups is 1. The lowest BCUT2D eigenvalue weighted by molar-refractivity contribution is -0.555. The molecule has 136 valence electrons. The predicted octanol–water partition coefficient (Wildman–Crippen LogP) is 3.30. The summed E-state index contributed by atoms with van der Waals surface area (Å²) in [5, 5.41) is 12.1. The quantitative estimate of drug-likeness (QED) is 0.445. The maximum absolute atomic E-state index is 12.4. The number of aromatic amines is 1. The van der Waals surface area contributed by atoms with Gasteiger partial charge in [0.2, 0.25) is 0 Å². The molecule has 0 spiro atoms. The Morgan fingerprint density at radius 2 is 2.12 bits per heavy atom. The number of H-pyrrole nitrogens is 1. The largest absolute Gasteiger partial charge is 0.461 e. The number of fused-ring (bicyclic) bond motifs is 1. The molecular formula is C16H18F2N2O5. The summed E-state index contributed by atoms with van der Waals surface area (Å²) in [6, 6.07) is 4.25. The number of esters is 1. The van der Waals surface area contributed by atoms with E-state index in [2.05, 4.69) is 9.72 Å². The third-order valence-electron chi connectivity index (χ3n) is 4.04. The molecule has 7 nitrogen and oxygen atoms in total. The van der Waals surface area contributed by atoms with Crippen LogP contribution in [0.4, 0.5) is 8.78 Å². The summed E-state index contributed by atoms with van der Waals surface area (Å²) in [6.45, 7) is 0.139. The molecule has 1 aromatic heterocycles. The van der Waals surface area contributed by atoms with Crippen LogP contribution in [-0.2, 0) is 16.0 Å². The zero-order valence-corrected chi connectivity index (χ0v) is 13.8. The van der Waals surface area contributed by atoms with Gasteiger partial charge in [0.05, 0.1) is 13.0 Å². The zero-order chi connectivity index (χ0) is 18.6. The molecule has 0 radical (unpaired) electrons. The highest BCUT2D eigenvalue weighted by molar-refractivity contribution is 5.86. The number of halogens is 2. The summed E-state index contributed by atoms with van der Waals surface area (Å²) in [6.07, 6.45) is 1.22. The molecular weight excluding hydrogens is 338 g/mol. The van der Waals surface area contributed by atoms with E-state index >= 15 is 0 Å². The van der Waals surface area contributed by atoms with Gasteiger partial charge in [0, 0.05) is 28.4 Å². The monoisotopic (exact) mass is 356 g/mol. The van der Waals surface area contributed by atoms with Gasteiger partial charge >= 0.3 is 18.1 Å². The van der Waals surface area contributed by atoms with Crippen LogP contribution in [-0.4, -0.2) is 34.6 Å². The van der Waals surface area contributed by atoms with Gasteiger partial charge in [-0.2, -0.15) is 8.78 Å². The van der Waals surface area contributed by atoms with Crippen molar-refractivity contribution in [2.24, 2.45) is 0 Å². The van der Waals surface area contributed by atoms with E-state index in [9.17, 15) is 23.7 Å². The van der Waals surface area contributed by atoms with Crippen molar-refractivity contribution in [1.29, 1.82) is 0 Å². The van der Waals surface area contributed by atoms with Gasteiger partial charge in [-0.15, -0.1) is 0 Å². The number of benzene rings is 1. The summed E-state index contributed by atoms with van der Waals surface area (Å²) in [7, 11) is 0. The minimum Gasteiger partial charge on any atom is -0.461 e. The highest BCUT2D eigenvalue weighted by Gasteiger charge is 2.51. The first-order chi connectivity index (χ1) is 11.8. The number of carbonyl (C=O) groups excluding carboxylic acids is 1. The predicted molar refractivity (Wildman–Crippen MR) is 85.3 cm³/mol. The molecule has 0 saturated carbocycles. The lowest BCUT2D eigenvalue weighted by Gasteiger charge is -2.21. The summed E-state index contributed by atoms with van der Waals surface area (Å²) in [5.41, 5.74) is -0.903. The minimum atomic E-state index is -2.98. The Morgan fingerprint density at radius 3 is 2.68 bits per heavy atom. The smallest absolute Gasteiger partial charge is 0.387 e. The fourth-order valence-electron chi connectivity index (χ4n) is 2.67. The molecule has 0 fully saturated rings. The molecule has 1 atom stereocenters. The van der Waals surface area contributed by atoms with Gasteiger partial charge < -0.3 is 14.5 Å². The number of nitrogens with one attached hydrogen (secondary N) is 1. The molecule has 25 heavy (non-hydrogen) atoms. The topological polar surface area (TPSA) is 94.5 Å². The van der Waals surface area contributed by atoms with Crippen molar-refractivity contribution < 1.29 is 28.0 Å². The zero-order valence-electron chi connectivity index (χ0n) is 13.8. The third kappa shape index (κ3) is 3.70. The van der Waals surface area contributed by atoms with Crippen molar-refractivity contribution in [1.82, 2.24) is 4.98 Å². The van der Waals surface area contributed by atoms with Crippen molar-refractivity contribution in [3.8, 4) is 5.75 Å². The number of hydrogen-bond acceptors (Lipinski definition) is 5. The van der Waals surface area contributed by atoms with E-state index in [1.54, 1.807) is 6.92 Å². The Hall–Kier alpha value is -2.71. The molecule has 0 saturated heterocycles. The summed E-state index contributed by atoms with van der Waals surface area (Å²) in [5.74, 6) is -0.987. The first-order valence-electron chi connectivity index (χ1n) is 7.70. The van der Waals surface area contributed by atoms with Gasteiger partial charge in [0.15, 0.2) is 0 Å². The molecule has 0 aliphatic rings. The van der Waals surface area contributed by atoms with Crippen LogP contribution in [0.25, 0.3) is 10.9 Å². The van der Waals surface area contributed by atoms with Crippen molar-refractivity contribution in [3.05, 3.63) is 40.1 Å².